The van der Waals surface area contributed by atoms with E-state index in [-0.39, 0.29) is 5.92 Å². The predicted octanol–water partition coefficient (Wildman–Crippen LogP) is 4.32. The third-order valence-electron chi connectivity index (χ3n) is 3.74. The largest absolute Gasteiger partial charge is 0.575 e. The summed E-state index contributed by atoms with van der Waals surface area (Å²) in [6, 6.07) is 8.05. The maximum absolute atomic E-state index is 12.3. The Balaban J connectivity index is 2.72. The van der Waals surface area contributed by atoms with Crippen LogP contribution in [0.1, 0.15) is 47.0 Å². The number of hydrogen-bond donors (Lipinski definition) is 0. The summed E-state index contributed by atoms with van der Waals surface area (Å²) in [5.74, 6) is 0.634. The third-order valence-corrected chi connectivity index (χ3v) is 4.58. The molecule has 0 amide bonds. The van der Waals surface area contributed by atoms with Crippen molar-refractivity contribution in [2.75, 3.05) is 6.61 Å². The molecule has 134 valence electrons. The second-order valence-corrected chi connectivity index (χ2v) is 7.10. The maximum atomic E-state index is 12.3. The van der Waals surface area contributed by atoms with Crippen LogP contribution in [0, 0.1) is 11.8 Å². The summed E-state index contributed by atoms with van der Waals surface area (Å²) in [7, 11) is -2.32. The van der Waals surface area contributed by atoms with Gasteiger partial charge in [-0.1, -0.05) is 63.5 Å². The van der Waals surface area contributed by atoms with E-state index in [4.69, 9.17) is 9.26 Å². The monoisotopic (exact) mass is 353 g/mol. The van der Waals surface area contributed by atoms with Gasteiger partial charge in [0.25, 0.3) is 0 Å². The highest BCUT2D eigenvalue weighted by atomic mass is 31.1. The van der Waals surface area contributed by atoms with Crippen molar-refractivity contribution in [2.45, 2.75) is 53.0 Å². The maximum Gasteiger partial charge on any atom is 0.395 e. The lowest BCUT2D eigenvalue weighted by Gasteiger charge is -2.16. The number of nitrogens with zero attached hydrogens (tertiary/aromatic N) is 1. The van der Waals surface area contributed by atoms with Crippen LogP contribution in [0.5, 0.6) is 5.75 Å². The molecule has 1 rings (SSSR count). The van der Waals surface area contributed by atoms with Gasteiger partial charge in [-0.3, -0.25) is 4.52 Å². The van der Waals surface area contributed by atoms with Crippen LogP contribution in [-0.2, 0) is 9.53 Å². The zero-order chi connectivity index (χ0) is 17.9. The van der Waals surface area contributed by atoms with Crippen LogP contribution in [-0.4, -0.2) is 18.6 Å². The molecular formula is C18H28NO4P. The molecule has 0 heterocycles. The van der Waals surface area contributed by atoms with Crippen molar-refractivity contribution in [1.29, 1.82) is 0 Å². The average Bonchev–Trinajstić information content (AvgIpc) is 2.55. The first kappa shape index (κ1) is 20.6. The summed E-state index contributed by atoms with van der Waals surface area (Å²) >= 11 is 0. The Morgan fingerprint density at radius 2 is 1.83 bits per heavy atom. The molecule has 0 N–H and O–H groups in total. The highest BCUT2D eigenvalue weighted by molar-refractivity contribution is 7.34. The van der Waals surface area contributed by atoms with Gasteiger partial charge in [-0.25, -0.2) is 4.79 Å². The molecule has 0 aliphatic rings. The molecule has 2 atom stereocenters. The van der Waals surface area contributed by atoms with E-state index in [0.29, 0.717) is 24.7 Å². The van der Waals surface area contributed by atoms with Crippen LogP contribution in [0.4, 0.5) is 0 Å². The van der Waals surface area contributed by atoms with E-state index in [9.17, 15) is 9.69 Å². The molecule has 0 fully saturated rings. The van der Waals surface area contributed by atoms with E-state index in [1.54, 1.807) is 24.3 Å². The summed E-state index contributed by atoms with van der Waals surface area (Å²) in [6.45, 7) is 8.50. The van der Waals surface area contributed by atoms with Crippen LogP contribution in [0.2, 0.25) is 0 Å². The summed E-state index contributed by atoms with van der Waals surface area (Å²) in [4.78, 5) is 24.4. The molecule has 1 aromatic rings. The van der Waals surface area contributed by atoms with Gasteiger partial charge in [0.05, 0.1) is 6.61 Å². The van der Waals surface area contributed by atoms with E-state index in [1.165, 1.54) is 0 Å². The number of ether oxygens (including phenoxy) is 1. The molecule has 5 nitrogen and oxygen atoms in total. The lowest BCUT2D eigenvalue weighted by molar-refractivity contribution is -0.170. The van der Waals surface area contributed by atoms with E-state index >= 15 is 0 Å². The Morgan fingerprint density at radius 3 is 2.38 bits per heavy atom. The van der Waals surface area contributed by atoms with Gasteiger partial charge in [0.2, 0.25) is 0 Å². The van der Waals surface area contributed by atoms with Crippen LogP contribution >= 0.6 is 8.17 Å². The number of esters is 1. The van der Waals surface area contributed by atoms with Crippen molar-refractivity contribution in [3.63, 3.8) is 0 Å². The first-order valence-electron chi connectivity index (χ1n) is 8.53. The van der Waals surface area contributed by atoms with Crippen LogP contribution in [0.25, 0.3) is 0 Å². The highest BCUT2D eigenvalue weighted by Gasteiger charge is 2.25. The minimum atomic E-state index is -2.32. The van der Waals surface area contributed by atoms with Gasteiger partial charge >= 0.3 is 14.1 Å². The number of rotatable bonds is 10. The van der Waals surface area contributed by atoms with E-state index in [1.807, 2.05) is 19.9 Å². The second kappa shape index (κ2) is 11.2. The topological polar surface area (TPSA) is 71.0 Å². The molecule has 0 radical (unpaired) electrons. The summed E-state index contributed by atoms with van der Waals surface area (Å²) in [6.07, 6.45) is 2.41. The van der Waals surface area contributed by atoms with Crippen LogP contribution < -0.4 is 9.42 Å². The van der Waals surface area contributed by atoms with Crippen molar-refractivity contribution in [3.8, 4) is 5.75 Å². The molecule has 0 aliphatic heterocycles. The second-order valence-electron chi connectivity index (χ2n) is 6.22. The zero-order valence-corrected chi connectivity index (χ0v) is 15.9. The fourth-order valence-corrected chi connectivity index (χ4v) is 2.93. The van der Waals surface area contributed by atoms with Gasteiger partial charge in [0.15, 0.2) is 11.8 Å². The number of para-hydroxylation sites is 1. The number of hydrogen-bond acceptors (Lipinski definition) is 5. The van der Waals surface area contributed by atoms with Crippen LogP contribution in [0.3, 0.4) is 0 Å². The normalized spacial score (nSPS) is 13.2. The zero-order valence-electron chi connectivity index (χ0n) is 15.0. The minimum Gasteiger partial charge on any atom is -0.575 e. The fraction of sp³-hybridized carbons (Fsp3) is 0.611. The molecule has 24 heavy (non-hydrogen) atoms. The molecule has 0 aliphatic carbocycles. The highest BCUT2D eigenvalue weighted by Crippen LogP contribution is 2.25. The first-order chi connectivity index (χ1) is 11.5. The minimum absolute atomic E-state index is 0.236. The van der Waals surface area contributed by atoms with Gasteiger partial charge in [-0.2, -0.15) is 0 Å². The van der Waals surface area contributed by atoms with Crippen LogP contribution in [0.15, 0.2) is 35.1 Å². The van der Waals surface area contributed by atoms with Gasteiger partial charge in [0.1, 0.15) is 0 Å². The molecule has 6 heteroatoms. The Morgan fingerprint density at radius 1 is 1.21 bits per heavy atom. The summed E-state index contributed by atoms with van der Waals surface area (Å²) in [5.41, 5.74) is 0. The van der Waals surface area contributed by atoms with Crippen molar-refractivity contribution >= 4 is 14.1 Å². The molecule has 1 aromatic carbocycles. The SMILES string of the molecule is CCC(CC)COC(=O)[C@H](CC(C)C)N=[P+]([O-])Oc1ccccc1. The number of carbonyl (C=O) groups is 1. The molecular weight excluding hydrogens is 325 g/mol. The van der Waals surface area contributed by atoms with E-state index < -0.39 is 20.2 Å². The Hall–Kier alpha value is -1.45. The van der Waals surface area contributed by atoms with E-state index in [2.05, 4.69) is 18.6 Å². The summed E-state index contributed by atoms with van der Waals surface area (Å²) in [5, 5.41) is 0. The molecule has 0 aromatic heterocycles. The molecule has 0 saturated heterocycles. The standard InChI is InChI=1S/C18H28NO4P/c1-5-15(6-2)13-22-18(20)17(12-14(3)4)19-24(21)23-16-10-8-7-9-11-16/h7-11,14-15,17H,5-6,12-13H2,1-4H3/t17-/m0/s1. The van der Waals surface area contributed by atoms with Crippen molar-refractivity contribution in [2.24, 2.45) is 16.6 Å². The Labute approximate surface area is 146 Å². The quantitative estimate of drug-likeness (QED) is 0.464. The van der Waals surface area contributed by atoms with Gasteiger partial charge in [-0.05, 0) is 30.4 Å². The van der Waals surface area contributed by atoms with Gasteiger partial charge < -0.3 is 9.63 Å². The first-order valence-corrected chi connectivity index (χ1v) is 9.66. The molecule has 0 bridgehead atoms. The van der Waals surface area contributed by atoms with Crippen molar-refractivity contribution < 1.29 is 18.9 Å². The number of carbonyl (C=O) groups excluding carboxylic acids is 1. The molecule has 0 saturated carbocycles. The fourth-order valence-electron chi connectivity index (χ4n) is 2.17. The third kappa shape index (κ3) is 7.89. The Kier molecular flexibility index (Phi) is 9.58. The lowest BCUT2D eigenvalue weighted by Crippen LogP contribution is -2.25. The molecule has 0 spiro atoms. The smallest absolute Gasteiger partial charge is 0.395 e. The van der Waals surface area contributed by atoms with Gasteiger partial charge in [-0.15, -0.1) is 0 Å². The Bertz CT molecular complexity index is 515. The van der Waals surface area contributed by atoms with Crippen molar-refractivity contribution in [1.82, 2.24) is 0 Å². The average molecular weight is 353 g/mol. The summed E-state index contributed by atoms with van der Waals surface area (Å²) < 4.78 is 14.7. The predicted molar refractivity (Wildman–Crippen MR) is 94.7 cm³/mol. The molecule has 1 unspecified atom stereocenters. The number of benzene rings is 1. The van der Waals surface area contributed by atoms with E-state index in [0.717, 1.165) is 12.8 Å². The van der Waals surface area contributed by atoms with Crippen molar-refractivity contribution in [3.05, 3.63) is 30.3 Å². The van der Waals surface area contributed by atoms with Gasteiger partial charge in [0, 0.05) is 0 Å². The lowest BCUT2D eigenvalue weighted by atomic mass is 10.0.